The van der Waals surface area contributed by atoms with Crippen molar-refractivity contribution in [3.63, 3.8) is 0 Å². The van der Waals surface area contributed by atoms with Gasteiger partial charge in [-0.25, -0.2) is 0 Å². The molecule has 0 aromatic carbocycles. The molecule has 1 saturated heterocycles. The zero-order valence-electron chi connectivity index (χ0n) is 12.1. The van der Waals surface area contributed by atoms with E-state index in [0.717, 1.165) is 18.5 Å². The zero-order chi connectivity index (χ0) is 12.6. The SMILES string of the molecule is CC1CC(N2CCC(C)C(N)C2)CC(C)(C)C1. The molecule has 2 N–H and O–H groups in total. The third kappa shape index (κ3) is 3.23. The van der Waals surface area contributed by atoms with Crippen LogP contribution in [0.1, 0.15) is 53.4 Å². The Morgan fingerprint density at radius 3 is 2.47 bits per heavy atom. The molecule has 1 heterocycles. The van der Waals surface area contributed by atoms with Crippen molar-refractivity contribution in [3.05, 3.63) is 0 Å². The Bertz CT molecular complexity index is 262. The highest BCUT2D eigenvalue weighted by atomic mass is 15.2. The second-order valence-electron chi connectivity index (χ2n) is 7.49. The van der Waals surface area contributed by atoms with Gasteiger partial charge in [-0.15, -0.1) is 0 Å². The Morgan fingerprint density at radius 1 is 1.18 bits per heavy atom. The van der Waals surface area contributed by atoms with E-state index in [2.05, 4.69) is 32.6 Å². The molecule has 1 aliphatic heterocycles. The van der Waals surface area contributed by atoms with Crippen LogP contribution in [0.4, 0.5) is 0 Å². The topological polar surface area (TPSA) is 29.3 Å². The van der Waals surface area contributed by atoms with Gasteiger partial charge in [0.1, 0.15) is 0 Å². The molecular formula is C15H30N2. The summed E-state index contributed by atoms with van der Waals surface area (Å²) in [6.45, 7) is 12.0. The molecule has 4 unspecified atom stereocenters. The van der Waals surface area contributed by atoms with Crippen LogP contribution in [0.2, 0.25) is 0 Å². The third-order valence-corrected chi connectivity index (χ3v) is 4.93. The molecule has 2 nitrogen and oxygen atoms in total. The molecular weight excluding hydrogens is 208 g/mol. The number of piperidine rings is 1. The summed E-state index contributed by atoms with van der Waals surface area (Å²) in [6.07, 6.45) is 5.41. The van der Waals surface area contributed by atoms with Crippen LogP contribution in [-0.2, 0) is 0 Å². The van der Waals surface area contributed by atoms with Crippen LogP contribution in [0.25, 0.3) is 0 Å². The number of nitrogens with zero attached hydrogens (tertiary/aromatic N) is 1. The maximum atomic E-state index is 6.24. The maximum absolute atomic E-state index is 6.24. The van der Waals surface area contributed by atoms with Gasteiger partial charge in [0.15, 0.2) is 0 Å². The molecule has 2 rings (SSSR count). The van der Waals surface area contributed by atoms with E-state index in [-0.39, 0.29) is 0 Å². The standard InChI is InChI=1S/C15H30N2/c1-11-7-13(9-15(3,4)8-11)17-6-5-12(2)14(16)10-17/h11-14H,5-10,16H2,1-4H3. The van der Waals surface area contributed by atoms with Gasteiger partial charge in [0.2, 0.25) is 0 Å². The number of rotatable bonds is 1. The molecule has 2 aliphatic rings. The normalized spacial score (nSPS) is 43.6. The minimum Gasteiger partial charge on any atom is -0.326 e. The fourth-order valence-corrected chi connectivity index (χ4v) is 4.03. The molecule has 0 spiro atoms. The molecule has 1 aliphatic carbocycles. The first-order chi connectivity index (χ1) is 7.87. The van der Waals surface area contributed by atoms with Crippen LogP contribution < -0.4 is 5.73 Å². The van der Waals surface area contributed by atoms with E-state index >= 15 is 0 Å². The van der Waals surface area contributed by atoms with Gasteiger partial charge in [-0.05, 0) is 49.5 Å². The summed E-state index contributed by atoms with van der Waals surface area (Å²) in [5, 5.41) is 0. The molecule has 1 saturated carbocycles. The Labute approximate surface area is 107 Å². The Kier molecular flexibility index (Phi) is 3.84. The Morgan fingerprint density at radius 2 is 1.88 bits per heavy atom. The molecule has 0 radical (unpaired) electrons. The molecule has 2 fully saturated rings. The van der Waals surface area contributed by atoms with Crippen molar-refractivity contribution in [2.24, 2.45) is 23.0 Å². The van der Waals surface area contributed by atoms with Crippen LogP contribution in [0.15, 0.2) is 0 Å². The first-order valence-electron chi connectivity index (χ1n) is 7.37. The van der Waals surface area contributed by atoms with E-state index in [1.807, 2.05) is 0 Å². The summed E-state index contributed by atoms with van der Waals surface area (Å²) >= 11 is 0. The van der Waals surface area contributed by atoms with Gasteiger partial charge in [-0.1, -0.05) is 27.7 Å². The van der Waals surface area contributed by atoms with Gasteiger partial charge >= 0.3 is 0 Å². The van der Waals surface area contributed by atoms with E-state index in [1.165, 1.54) is 32.2 Å². The van der Waals surface area contributed by atoms with Crippen molar-refractivity contribution < 1.29 is 0 Å². The van der Waals surface area contributed by atoms with Crippen molar-refractivity contribution in [1.82, 2.24) is 4.90 Å². The van der Waals surface area contributed by atoms with Crippen LogP contribution in [0.3, 0.4) is 0 Å². The van der Waals surface area contributed by atoms with Crippen LogP contribution in [0.5, 0.6) is 0 Å². The van der Waals surface area contributed by atoms with Gasteiger partial charge < -0.3 is 5.73 Å². The summed E-state index contributed by atoms with van der Waals surface area (Å²) in [4.78, 5) is 2.68. The lowest BCUT2D eigenvalue weighted by Gasteiger charge is -2.47. The highest BCUT2D eigenvalue weighted by Crippen LogP contribution is 2.41. The molecule has 2 heteroatoms. The van der Waals surface area contributed by atoms with Crippen LogP contribution in [0, 0.1) is 17.3 Å². The second-order valence-corrected chi connectivity index (χ2v) is 7.49. The van der Waals surface area contributed by atoms with Crippen LogP contribution >= 0.6 is 0 Å². The lowest BCUT2D eigenvalue weighted by Crippen LogP contribution is -2.53. The van der Waals surface area contributed by atoms with Crippen molar-refractivity contribution in [2.45, 2.75) is 65.5 Å². The summed E-state index contributed by atoms with van der Waals surface area (Å²) in [6, 6.07) is 1.18. The average molecular weight is 238 g/mol. The molecule has 4 atom stereocenters. The summed E-state index contributed by atoms with van der Waals surface area (Å²) in [5.74, 6) is 1.58. The maximum Gasteiger partial charge on any atom is 0.0194 e. The Balaban J connectivity index is 1.97. The quantitative estimate of drug-likeness (QED) is 0.761. The smallest absolute Gasteiger partial charge is 0.0194 e. The fraction of sp³-hybridized carbons (Fsp3) is 1.00. The number of hydrogen-bond donors (Lipinski definition) is 1. The van der Waals surface area contributed by atoms with Crippen molar-refractivity contribution in [1.29, 1.82) is 0 Å². The summed E-state index contributed by atoms with van der Waals surface area (Å²) < 4.78 is 0. The van der Waals surface area contributed by atoms with Crippen LogP contribution in [-0.4, -0.2) is 30.1 Å². The number of hydrogen-bond acceptors (Lipinski definition) is 2. The monoisotopic (exact) mass is 238 g/mol. The summed E-state index contributed by atoms with van der Waals surface area (Å²) in [5.41, 5.74) is 6.76. The predicted molar refractivity (Wildman–Crippen MR) is 73.9 cm³/mol. The van der Waals surface area contributed by atoms with Gasteiger partial charge in [-0.2, -0.15) is 0 Å². The number of nitrogens with two attached hydrogens (primary N) is 1. The fourth-order valence-electron chi connectivity index (χ4n) is 4.03. The highest BCUT2D eigenvalue weighted by molar-refractivity contribution is 4.91. The van der Waals surface area contributed by atoms with E-state index in [9.17, 15) is 0 Å². The third-order valence-electron chi connectivity index (χ3n) is 4.93. The van der Waals surface area contributed by atoms with E-state index in [4.69, 9.17) is 5.73 Å². The summed E-state index contributed by atoms with van der Waals surface area (Å²) in [7, 11) is 0. The van der Waals surface area contributed by atoms with Gasteiger partial charge in [0.05, 0.1) is 0 Å². The number of likely N-dealkylation sites (tertiary alicyclic amines) is 1. The molecule has 0 aromatic rings. The molecule has 0 bridgehead atoms. The van der Waals surface area contributed by atoms with Gasteiger partial charge in [0, 0.05) is 18.6 Å². The Hall–Kier alpha value is -0.0800. The van der Waals surface area contributed by atoms with E-state index in [1.54, 1.807) is 0 Å². The highest BCUT2D eigenvalue weighted by Gasteiger charge is 2.36. The van der Waals surface area contributed by atoms with Gasteiger partial charge in [0.25, 0.3) is 0 Å². The lowest BCUT2D eigenvalue weighted by atomic mass is 9.70. The first kappa shape index (κ1) is 13.4. The molecule has 0 aromatic heterocycles. The second kappa shape index (κ2) is 4.89. The molecule has 17 heavy (non-hydrogen) atoms. The van der Waals surface area contributed by atoms with Crippen molar-refractivity contribution in [2.75, 3.05) is 13.1 Å². The minimum absolute atomic E-state index is 0.393. The van der Waals surface area contributed by atoms with E-state index in [0.29, 0.717) is 17.4 Å². The first-order valence-corrected chi connectivity index (χ1v) is 7.37. The average Bonchev–Trinajstić information content (AvgIpc) is 2.19. The van der Waals surface area contributed by atoms with Gasteiger partial charge in [-0.3, -0.25) is 4.90 Å². The van der Waals surface area contributed by atoms with Crippen molar-refractivity contribution in [3.8, 4) is 0 Å². The molecule has 100 valence electrons. The lowest BCUT2D eigenvalue weighted by molar-refractivity contribution is 0.0394. The molecule has 0 amide bonds. The zero-order valence-corrected chi connectivity index (χ0v) is 12.1. The van der Waals surface area contributed by atoms with E-state index < -0.39 is 0 Å². The van der Waals surface area contributed by atoms with Crippen molar-refractivity contribution >= 4 is 0 Å². The minimum atomic E-state index is 0.393. The largest absolute Gasteiger partial charge is 0.326 e. The predicted octanol–water partition coefficient (Wildman–Crippen LogP) is 2.87.